The van der Waals surface area contributed by atoms with E-state index in [0.717, 1.165) is 0 Å². The molecular formula is C19H15Cl2N5O5. The summed E-state index contributed by atoms with van der Waals surface area (Å²) in [6, 6.07) is 7.83. The molecule has 160 valence electrons. The highest BCUT2D eigenvalue weighted by molar-refractivity contribution is 6.36. The number of rotatable bonds is 8. The van der Waals surface area contributed by atoms with Gasteiger partial charge in [-0.15, -0.1) is 0 Å². The van der Waals surface area contributed by atoms with Gasteiger partial charge in [0.15, 0.2) is 6.61 Å². The van der Waals surface area contributed by atoms with E-state index in [1.54, 1.807) is 24.5 Å². The molecule has 2 heterocycles. The van der Waals surface area contributed by atoms with Gasteiger partial charge in [-0.2, -0.15) is 4.98 Å². The average Bonchev–Trinajstić information content (AvgIpc) is 3.24. The first-order valence-corrected chi connectivity index (χ1v) is 9.56. The zero-order valence-corrected chi connectivity index (χ0v) is 17.3. The van der Waals surface area contributed by atoms with Crippen molar-refractivity contribution in [3.05, 3.63) is 64.2 Å². The first-order chi connectivity index (χ1) is 14.9. The maximum Gasteiger partial charge on any atom is 0.325 e. The Hall–Kier alpha value is -3.50. The Morgan fingerprint density at radius 1 is 1.10 bits per heavy atom. The quantitative estimate of drug-likeness (QED) is 0.484. The van der Waals surface area contributed by atoms with Gasteiger partial charge in [-0.3, -0.25) is 19.4 Å². The molecule has 31 heavy (non-hydrogen) atoms. The molecule has 10 nitrogen and oxygen atoms in total. The summed E-state index contributed by atoms with van der Waals surface area (Å²) in [7, 11) is 0. The molecule has 3 aromatic rings. The summed E-state index contributed by atoms with van der Waals surface area (Å²) in [4.78, 5) is 43.7. The van der Waals surface area contributed by atoms with Crippen LogP contribution in [0.15, 0.2) is 47.2 Å². The molecule has 0 saturated heterocycles. The van der Waals surface area contributed by atoms with Crippen LogP contribution in [0.3, 0.4) is 0 Å². The highest BCUT2D eigenvalue weighted by Gasteiger charge is 2.14. The number of benzene rings is 1. The van der Waals surface area contributed by atoms with Crippen molar-refractivity contribution >= 4 is 41.0 Å². The Kier molecular flexibility index (Phi) is 7.52. The Morgan fingerprint density at radius 3 is 2.68 bits per heavy atom. The first-order valence-electron chi connectivity index (χ1n) is 8.81. The monoisotopic (exact) mass is 463 g/mol. The molecule has 0 unspecified atom stereocenters. The lowest BCUT2D eigenvalue weighted by molar-refractivity contribution is -0.145. The fraction of sp³-hybridized carbons (Fsp3) is 0.158. The number of halogens is 2. The van der Waals surface area contributed by atoms with Crippen LogP contribution in [-0.4, -0.2) is 46.0 Å². The van der Waals surface area contributed by atoms with Crippen LogP contribution >= 0.6 is 23.2 Å². The number of nitrogens with one attached hydrogen (secondary N) is 2. The minimum absolute atomic E-state index is 0.0886. The Bertz CT molecular complexity index is 1090. The average molecular weight is 464 g/mol. The van der Waals surface area contributed by atoms with Gasteiger partial charge in [0.2, 0.25) is 11.7 Å². The van der Waals surface area contributed by atoms with E-state index < -0.39 is 24.3 Å². The van der Waals surface area contributed by atoms with Gasteiger partial charge in [-0.25, -0.2) is 0 Å². The fourth-order valence-electron chi connectivity index (χ4n) is 2.28. The van der Waals surface area contributed by atoms with Crippen LogP contribution in [-0.2, 0) is 20.9 Å². The number of amides is 2. The van der Waals surface area contributed by atoms with Gasteiger partial charge in [-0.05, 0) is 30.3 Å². The summed E-state index contributed by atoms with van der Waals surface area (Å²) in [6.45, 7) is -1.02. The number of esters is 1. The molecule has 0 aliphatic heterocycles. The topological polar surface area (TPSA) is 136 Å². The summed E-state index contributed by atoms with van der Waals surface area (Å²) in [5.74, 6) is -1.47. The lowest BCUT2D eigenvalue weighted by atomic mass is 10.2. The van der Waals surface area contributed by atoms with Gasteiger partial charge in [-0.1, -0.05) is 28.4 Å². The van der Waals surface area contributed by atoms with Crippen molar-refractivity contribution in [2.75, 3.05) is 13.1 Å². The summed E-state index contributed by atoms with van der Waals surface area (Å²) >= 11 is 11.7. The van der Waals surface area contributed by atoms with Crippen molar-refractivity contribution in [2.24, 2.45) is 0 Å². The van der Waals surface area contributed by atoms with E-state index in [1.165, 1.54) is 18.2 Å². The van der Waals surface area contributed by atoms with E-state index in [0.29, 0.717) is 16.4 Å². The maximum atomic E-state index is 12.0. The van der Waals surface area contributed by atoms with Crippen LogP contribution in [0.4, 0.5) is 0 Å². The van der Waals surface area contributed by atoms with Crippen LogP contribution in [0.5, 0.6) is 0 Å². The first kappa shape index (κ1) is 22.2. The number of hydrogen-bond acceptors (Lipinski definition) is 8. The normalized spacial score (nSPS) is 10.4. The lowest BCUT2D eigenvalue weighted by Gasteiger charge is -2.08. The molecule has 12 heteroatoms. The van der Waals surface area contributed by atoms with E-state index in [-0.39, 0.29) is 29.6 Å². The van der Waals surface area contributed by atoms with Gasteiger partial charge in [0.1, 0.15) is 6.54 Å². The fourth-order valence-corrected chi connectivity index (χ4v) is 2.78. The third-order valence-corrected chi connectivity index (χ3v) is 4.31. The number of aromatic nitrogens is 3. The molecule has 1 aromatic carbocycles. The Morgan fingerprint density at radius 2 is 1.94 bits per heavy atom. The standard InChI is InChI=1S/C19H15Cl2N5O5/c20-12-3-4-13(14(21)6-12)19(29)24-8-15(27)23-9-17(28)30-10-16-25-18(26-31-16)11-2-1-5-22-7-11/h1-7H,8-10H2,(H,23,27)(H,24,29). The molecule has 0 radical (unpaired) electrons. The number of nitrogens with zero attached hydrogens (tertiary/aromatic N) is 3. The molecule has 0 saturated carbocycles. The van der Waals surface area contributed by atoms with Crippen LogP contribution < -0.4 is 10.6 Å². The molecule has 0 aliphatic rings. The van der Waals surface area contributed by atoms with Crippen LogP contribution in [0, 0.1) is 0 Å². The molecule has 2 N–H and O–H groups in total. The third kappa shape index (κ3) is 6.49. The van der Waals surface area contributed by atoms with E-state index in [1.807, 2.05) is 0 Å². The highest BCUT2D eigenvalue weighted by Crippen LogP contribution is 2.20. The smallest absolute Gasteiger partial charge is 0.325 e. The minimum atomic E-state index is -0.721. The van der Waals surface area contributed by atoms with Gasteiger partial charge in [0.05, 0.1) is 17.1 Å². The van der Waals surface area contributed by atoms with Crippen molar-refractivity contribution < 1.29 is 23.6 Å². The van der Waals surface area contributed by atoms with Crippen molar-refractivity contribution in [2.45, 2.75) is 6.61 Å². The van der Waals surface area contributed by atoms with Gasteiger partial charge in [0, 0.05) is 23.0 Å². The van der Waals surface area contributed by atoms with E-state index in [2.05, 4.69) is 25.8 Å². The zero-order chi connectivity index (χ0) is 22.2. The Labute approximate surface area is 185 Å². The third-order valence-electron chi connectivity index (χ3n) is 3.76. The van der Waals surface area contributed by atoms with Crippen LogP contribution in [0.2, 0.25) is 10.0 Å². The zero-order valence-electron chi connectivity index (χ0n) is 15.8. The molecule has 0 spiro atoms. The molecule has 2 amide bonds. The molecule has 0 aliphatic carbocycles. The van der Waals surface area contributed by atoms with Crippen LogP contribution in [0.1, 0.15) is 16.2 Å². The Balaban J connectivity index is 1.38. The highest BCUT2D eigenvalue weighted by atomic mass is 35.5. The van der Waals surface area contributed by atoms with Gasteiger partial charge in [0.25, 0.3) is 11.8 Å². The summed E-state index contributed by atoms with van der Waals surface area (Å²) in [5, 5.41) is 9.02. The summed E-state index contributed by atoms with van der Waals surface area (Å²) in [6.07, 6.45) is 3.18. The predicted molar refractivity (Wildman–Crippen MR) is 109 cm³/mol. The molecule has 3 rings (SSSR count). The number of carbonyl (C=O) groups excluding carboxylic acids is 3. The van der Waals surface area contributed by atoms with E-state index >= 15 is 0 Å². The molecule has 0 atom stereocenters. The van der Waals surface area contributed by atoms with Gasteiger partial charge < -0.3 is 19.9 Å². The SMILES string of the molecule is O=C(CNC(=O)c1ccc(Cl)cc1Cl)NCC(=O)OCc1nc(-c2cccnc2)no1. The second-order valence-corrected chi connectivity index (χ2v) is 6.84. The van der Waals surface area contributed by atoms with Crippen molar-refractivity contribution in [1.29, 1.82) is 0 Å². The minimum Gasteiger partial charge on any atom is -0.454 e. The van der Waals surface area contributed by atoms with Gasteiger partial charge >= 0.3 is 5.97 Å². The second-order valence-electron chi connectivity index (χ2n) is 6.00. The predicted octanol–water partition coefficient (Wildman–Crippen LogP) is 2.03. The van der Waals surface area contributed by atoms with E-state index in [9.17, 15) is 14.4 Å². The van der Waals surface area contributed by atoms with Crippen LogP contribution in [0.25, 0.3) is 11.4 Å². The molecular weight excluding hydrogens is 449 g/mol. The summed E-state index contributed by atoms with van der Waals surface area (Å²) in [5.41, 5.74) is 0.821. The molecule has 0 bridgehead atoms. The molecule has 2 aromatic heterocycles. The number of pyridine rings is 1. The number of carbonyl (C=O) groups is 3. The summed E-state index contributed by atoms with van der Waals surface area (Å²) < 4.78 is 9.97. The van der Waals surface area contributed by atoms with Crippen molar-refractivity contribution in [1.82, 2.24) is 25.8 Å². The lowest BCUT2D eigenvalue weighted by Crippen LogP contribution is -2.39. The molecule has 0 fully saturated rings. The second kappa shape index (κ2) is 10.5. The van der Waals surface area contributed by atoms with E-state index in [4.69, 9.17) is 32.5 Å². The van der Waals surface area contributed by atoms with Crippen molar-refractivity contribution in [3.63, 3.8) is 0 Å². The number of hydrogen-bond donors (Lipinski definition) is 2. The van der Waals surface area contributed by atoms with Crippen molar-refractivity contribution in [3.8, 4) is 11.4 Å². The maximum absolute atomic E-state index is 12.0. The number of ether oxygens (including phenoxy) is 1. The largest absolute Gasteiger partial charge is 0.454 e.